The average Bonchev–Trinajstić information content (AvgIpc) is 2.60. The summed E-state index contributed by atoms with van der Waals surface area (Å²) in [5.41, 5.74) is 1.21. The first-order valence-electron chi connectivity index (χ1n) is 8.98. The number of hydrogen-bond donors (Lipinski definition) is 2. The number of rotatable bonds is 11. The Bertz CT molecular complexity index is 450. The number of nitrogens with zero attached hydrogens (tertiary/aromatic N) is 2. The minimum absolute atomic E-state index is 0.391. The summed E-state index contributed by atoms with van der Waals surface area (Å²) in [6.07, 6.45) is 0. The fourth-order valence-electron chi connectivity index (χ4n) is 2.12. The molecule has 1 rings (SSSR count). The normalized spacial score (nSPS) is 13.1. The summed E-state index contributed by atoms with van der Waals surface area (Å²) in [6.45, 7) is 12.4. The molecule has 0 bridgehead atoms. The Balaban J connectivity index is 2.27. The summed E-state index contributed by atoms with van der Waals surface area (Å²) in [7, 11) is 2.12. The maximum Gasteiger partial charge on any atom is 0.191 e. The molecular formula is C19H34N4O. The van der Waals surface area contributed by atoms with E-state index in [4.69, 9.17) is 4.74 Å². The predicted octanol–water partition coefficient (Wildman–Crippen LogP) is 2.35. The standard InChI is InChI=1S/C19H34N4O/c1-5-20-19(21-12-13-23(4)6-2)22-14-17(3)15-24-16-18-10-8-7-9-11-18/h7-11,17H,5-6,12-16H2,1-4H3,(H2,20,21,22). The van der Waals surface area contributed by atoms with Gasteiger partial charge < -0.3 is 20.3 Å². The van der Waals surface area contributed by atoms with E-state index in [1.54, 1.807) is 0 Å². The van der Waals surface area contributed by atoms with Crippen molar-refractivity contribution in [3.05, 3.63) is 35.9 Å². The molecule has 0 aliphatic carbocycles. The van der Waals surface area contributed by atoms with Crippen LogP contribution in [0.1, 0.15) is 26.3 Å². The molecule has 0 spiro atoms. The maximum absolute atomic E-state index is 5.78. The Labute approximate surface area is 147 Å². The summed E-state index contributed by atoms with van der Waals surface area (Å²) < 4.78 is 5.78. The summed E-state index contributed by atoms with van der Waals surface area (Å²) >= 11 is 0. The smallest absolute Gasteiger partial charge is 0.191 e. The Morgan fingerprint density at radius 1 is 1.21 bits per heavy atom. The fourth-order valence-corrected chi connectivity index (χ4v) is 2.12. The third-order valence-corrected chi connectivity index (χ3v) is 3.75. The van der Waals surface area contributed by atoms with Gasteiger partial charge in [-0.3, -0.25) is 4.99 Å². The van der Waals surface area contributed by atoms with E-state index >= 15 is 0 Å². The molecule has 0 radical (unpaired) electrons. The highest BCUT2D eigenvalue weighted by molar-refractivity contribution is 5.79. The predicted molar refractivity (Wildman–Crippen MR) is 102 cm³/mol. The Kier molecular flexibility index (Phi) is 10.9. The van der Waals surface area contributed by atoms with Gasteiger partial charge in [0.25, 0.3) is 0 Å². The first kappa shape index (κ1) is 20.5. The molecule has 1 aromatic rings. The molecule has 0 saturated carbocycles. The number of hydrogen-bond acceptors (Lipinski definition) is 3. The SMILES string of the molecule is CCNC(=NCC(C)COCc1ccccc1)NCCN(C)CC. The lowest BCUT2D eigenvalue weighted by Gasteiger charge is -2.17. The quantitative estimate of drug-likeness (QED) is 0.482. The molecule has 136 valence electrons. The Morgan fingerprint density at radius 2 is 1.96 bits per heavy atom. The van der Waals surface area contributed by atoms with Gasteiger partial charge in [-0.25, -0.2) is 0 Å². The van der Waals surface area contributed by atoms with Crippen molar-refractivity contribution < 1.29 is 4.74 Å². The lowest BCUT2D eigenvalue weighted by molar-refractivity contribution is 0.0945. The molecule has 0 fully saturated rings. The van der Waals surface area contributed by atoms with Crippen molar-refractivity contribution >= 4 is 5.96 Å². The molecule has 0 aromatic heterocycles. The van der Waals surface area contributed by atoms with Crippen molar-refractivity contribution in [2.75, 3.05) is 46.4 Å². The van der Waals surface area contributed by atoms with Crippen molar-refractivity contribution in [1.29, 1.82) is 0 Å². The average molecular weight is 335 g/mol. The van der Waals surface area contributed by atoms with E-state index in [2.05, 4.69) is 60.5 Å². The monoisotopic (exact) mass is 334 g/mol. The molecule has 1 aromatic carbocycles. The highest BCUT2D eigenvalue weighted by Gasteiger charge is 2.04. The third kappa shape index (κ3) is 9.53. The molecule has 2 N–H and O–H groups in total. The van der Waals surface area contributed by atoms with Gasteiger partial charge in [0.05, 0.1) is 13.2 Å². The van der Waals surface area contributed by atoms with Crippen LogP contribution >= 0.6 is 0 Å². The topological polar surface area (TPSA) is 48.9 Å². The molecule has 0 aliphatic heterocycles. The van der Waals surface area contributed by atoms with Gasteiger partial charge in [-0.05, 0) is 32.0 Å². The number of likely N-dealkylation sites (N-methyl/N-ethyl adjacent to an activating group) is 1. The van der Waals surface area contributed by atoms with Crippen molar-refractivity contribution in [2.45, 2.75) is 27.4 Å². The zero-order chi connectivity index (χ0) is 17.6. The van der Waals surface area contributed by atoms with E-state index in [1.165, 1.54) is 5.56 Å². The van der Waals surface area contributed by atoms with E-state index in [9.17, 15) is 0 Å². The largest absolute Gasteiger partial charge is 0.376 e. The van der Waals surface area contributed by atoms with Gasteiger partial charge in [0.2, 0.25) is 0 Å². The summed E-state index contributed by atoms with van der Waals surface area (Å²) in [5.74, 6) is 1.28. The van der Waals surface area contributed by atoms with Gasteiger partial charge in [-0.15, -0.1) is 0 Å². The van der Waals surface area contributed by atoms with E-state index in [0.29, 0.717) is 12.5 Å². The number of aliphatic imine (C=N–C) groups is 1. The van der Waals surface area contributed by atoms with Gasteiger partial charge in [-0.2, -0.15) is 0 Å². The highest BCUT2D eigenvalue weighted by atomic mass is 16.5. The van der Waals surface area contributed by atoms with E-state index < -0.39 is 0 Å². The minimum atomic E-state index is 0.391. The Hall–Kier alpha value is -1.59. The number of guanidine groups is 1. The molecule has 1 atom stereocenters. The van der Waals surface area contributed by atoms with Crippen LogP contribution in [-0.4, -0.2) is 57.2 Å². The maximum atomic E-state index is 5.78. The van der Waals surface area contributed by atoms with E-state index in [-0.39, 0.29) is 0 Å². The van der Waals surface area contributed by atoms with Gasteiger partial charge in [0.15, 0.2) is 5.96 Å². The van der Waals surface area contributed by atoms with Crippen LogP contribution < -0.4 is 10.6 Å². The lowest BCUT2D eigenvalue weighted by atomic mass is 10.2. The Morgan fingerprint density at radius 3 is 2.62 bits per heavy atom. The molecule has 5 heteroatoms. The van der Waals surface area contributed by atoms with Gasteiger partial charge in [-0.1, -0.05) is 44.2 Å². The van der Waals surface area contributed by atoms with Crippen LogP contribution in [0, 0.1) is 5.92 Å². The van der Waals surface area contributed by atoms with Crippen LogP contribution in [0.2, 0.25) is 0 Å². The van der Waals surface area contributed by atoms with Gasteiger partial charge in [0, 0.05) is 26.2 Å². The van der Waals surface area contributed by atoms with Crippen molar-refractivity contribution in [3.8, 4) is 0 Å². The van der Waals surface area contributed by atoms with E-state index in [1.807, 2.05) is 18.2 Å². The number of benzene rings is 1. The van der Waals surface area contributed by atoms with Crippen LogP contribution in [0.3, 0.4) is 0 Å². The molecular weight excluding hydrogens is 300 g/mol. The third-order valence-electron chi connectivity index (χ3n) is 3.75. The summed E-state index contributed by atoms with van der Waals surface area (Å²) in [6, 6.07) is 10.3. The number of nitrogens with one attached hydrogen (secondary N) is 2. The fraction of sp³-hybridized carbons (Fsp3) is 0.632. The first-order valence-corrected chi connectivity index (χ1v) is 8.98. The van der Waals surface area contributed by atoms with Crippen LogP contribution in [0.25, 0.3) is 0 Å². The van der Waals surface area contributed by atoms with Crippen LogP contribution in [-0.2, 0) is 11.3 Å². The lowest BCUT2D eigenvalue weighted by Crippen LogP contribution is -2.41. The zero-order valence-corrected chi connectivity index (χ0v) is 15.7. The van der Waals surface area contributed by atoms with Crippen molar-refractivity contribution in [3.63, 3.8) is 0 Å². The van der Waals surface area contributed by atoms with Crippen LogP contribution in [0.4, 0.5) is 0 Å². The van der Waals surface area contributed by atoms with E-state index in [0.717, 1.165) is 45.3 Å². The van der Waals surface area contributed by atoms with Crippen LogP contribution in [0.15, 0.2) is 35.3 Å². The molecule has 24 heavy (non-hydrogen) atoms. The second-order valence-electron chi connectivity index (χ2n) is 6.15. The second-order valence-corrected chi connectivity index (χ2v) is 6.15. The highest BCUT2D eigenvalue weighted by Crippen LogP contribution is 2.03. The van der Waals surface area contributed by atoms with Crippen molar-refractivity contribution in [1.82, 2.24) is 15.5 Å². The molecule has 5 nitrogen and oxygen atoms in total. The molecule has 0 saturated heterocycles. The molecule has 0 aliphatic rings. The zero-order valence-electron chi connectivity index (χ0n) is 15.7. The van der Waals surface area contributed by atoms with Crippen molar-refractivity contribution in [2.24, 2.45) is 10.9 Å². The number of ether oxygens (including phenoxy) is 1. The minimum Gasteiger partial charge on any atom is -0.376 e. The second kappa shape index (κ2) is 12.8. The first-order chi connectivity index (χ1) is 11.7. The van der Waals surface area contributed by atoms with Crippen LogP contribution in [0.5, 0.6) is 0 Å². The van der Waals surface area contributed by atoms with Gasteiger partial charge >= 0.3 is 0 Å². The molecule has 1 unspecified atom stereocenters. The molecule has 0 amide bonds. The molecule has 0 heterocycles. The summed E-state index contributed by atoms with van der Waals surface area (Å²) in [4.78, 5) is 6.93. The van der Waals surface area contributed by atoms with Gasteiger partial charge in [0.1, 0.15) is 0 Å². The summed E-state index contributed by atoms with van der Waals surface area (Å²) in [5, 5.41) is 6.67.